The molecule has 2 aliphatic heterocycles. The van der Waals surface area contributed by atoms with Gasteiger partial charge in [0.05, 0.1) is 20.3 Å². The Bertz CT molecular complexity index is 1070. The van der Waals surface area contributed by atoms with Gasteiger partial charge in [-0.05, 0) is 62.5 Å². The number of likely N-dealkylation sites (tertiary alicyclic amines) is 2. The first-order valence-corrected chi connectivity index (χ1v) is 12.8. The number of aromatic hydroxyl groups is 1. The first-order chi connectivity index (χ1) is 17.5. The fourth-order valence-electron chi connectivity index (χ4n) is 4.96. The van der Waals surface area contributed by atoms with Gasteiger partial charge in [-0.2, -0.15) is 0 Å². The lowest BCUT2D eigenvalue weighted by Crippen LogP contribution is -2.39. The summed E-state index contributed by atoms with van der Waals surface area (Å²) in [5.74, 6) is 1.10. The average Bonchev–Trinajstić information content (AvgIpc) is 3.52. The van der Waals surface area contributed by atoms with Gasteiger partial charge in [0, 0.05) is 31.0 Å². The maximum Gasteiger partial charge on any atom is 0.328 e. The van der Waals surface area contributed by atoms with Gasteiger partial charge < -0.3 is 24.2 Å². The second-order valence-electron chi connectivity index (χ2n) is 9.34. The maximum atomic E-state index is 12.5. The van der Waals surface area contributed by atoms with Crippen LogP contribution in [0.25, 0.3) is 0 Å². The Labute approximate surface area is 212 Å². The summed E-state index contributed by atoms with van der Waals surface area (Å²) in [5.41, 5.74) is 2.82. The first kappa shape index (κ1) is 25.8. The van der Waals surface area contributed by atoms with Gasteiger partial charge >= 0.3 is 5.97 Å². The van der Waals surface area contributed by atoms with Crippen LogP contribution in [-0.4, -0.2) is 72.8 Å². The molecule has 0 spiro atoms. The van der Waals surface area contributed by atoms with Crippen LogP contribution in [0.3, 0.4) is 0 Å². The molecule has 0 radical (unpaired) electrons. The molecule has 2 aromatic carbocycles. The van der Waals surface area contributed by atoms with E-state index in [0.717, 1.165) is 36.3 Å². The van der Waals surface area contributed by atoms with E-state index < -0.39 is 6.04 Å². The molecule has 0 aromatic heterocycles. The van der Waals surface area contributed by atoms with Crippen molar-refractivity contribution in [2.45, 2.75) is 51.6 Å². The number of hydrogen-bond acceptors (Lipinski definition) is 7. The van der Waals surface area contributed by atoms with Crippen molar-refractivity contribution in [3.8, 4) is 17.2 Å². The smallest absolute Gasteiger partial charge is 0.328 e. The van der Waals surface area contributed by atoms with Crippen LogP contribution in [0, 0.1) is 0 Å². The van der Waals surface area contributed by atoms with Gasteiger partial charge in [-0.15, -0.1) is 0 Å². The van der Waals surface area contributed by atoms with Gasteiger partial charge in [0.25, 0.3) is 0 Å². The second-order valence-corrected chi connectivity index (χ2v) is 9.34. The summed E-state index contributed by atoms with van der Waals surface area (Å²) in [4.78, 5) is 28.8. The van der Waals surface area contributed by atoms with Crippen molar-refractivity contribution >= 4 is 11.9 Å². The average molecular weight is 497 g/mol. The Morgan fingerprint density at radius 1 is 1.08 bits per heavy atom. The monoisotopic (exact) mass is 496 g/mol. The molecule has 36 heavy (non-hydrogen) atoms. The Morgan fingerprint density at radius 3 is 2.61 bits per heavy atom. The van der Waals surface area contributed by atoms with Gasteiger partial charge in [0.15, 0.2) is 0 Å². The number of carbonyl (C=O) groups is 2. The Kier molecular flexibility index (Phi) is 8.70. The highest BCUT2D eigenvalue weighted by Gasteiger charge is 2.37. The molecule has 1 unspecified atom stereocenters. The van der Waals surface area contributed by atoms with Crippen LogP contribution in [0.4, 0.5) is 0 Å². The number of amides is 1. The molecule has 2 aromatic rings. The van der Waals surface area contributed by atoms with Gasteiger partial charge in [-0.3, -0.25) is 9.69 Å². The number of carbonyl (C=O) groups excluding carboxylic acids is 2. The maximum absolute atomic E-state index is 12.5. The predicted molar refractivity (Wildman–Crippen MR) is 135 cm³/mol. The standard InChI is InChI=1S/C28H36N2O6/c1-3-35-28(33)24-10-11-27(32)30(24)19-22-7-6-20(17-25(22)34-2)16-21-8-9-23(31)18-26(21)36-15-14-29-12-4-5-13-29/h6-9,17-18,24,31H,3-5,10-16,19H2,1-2H3. The molecule has 1 amide bonds. The number of esters is 1. The molecule has 0 aliphatic carbocycles. The predicted octanol–water partition coefficient (Wildman–Crippen LogP) is 3.52. The Balaban J connectivity index is 1.46. The van der Waals surface area contributed by atoms with E-state index in [9.17, 15) is 14.7 Å². The molecule has 1 N–H and O–H groups in total. The lowest BCUT2D eigenvalue weighted by Gasteiger charge is -2.24. The number of hydrogen-bond donors (Lipinski definition) is 1. The minimum Gasteiger partial charge on any atom is -0.508 e. The van der Waals surface area contributed by atoms with Gasteiger partial charge in [-0.1, -0.05) is 18.2 Å². The molecule has 0 saturated carbocycles. The molecule has 8 heteroatoms. The molecule has 4 rings (SSSR count). The molecule has 2 aliphatic rings. The number of rotatable bonds is 11. The second kappa shape index (κ2) is 12.1. The van der Waals surface area contributed by atoms with E-state index in [1.54, 1.807) is 31.1 Å². The molecular weight excluding hydrogens is 460 g/mol. The number of phenolic OH excluding ortho intramolecular Hbond substituents is 1. The summed E-state index contributed by atoms with van der Waals surface area (Å²) in [6.07, 6.45) is 3.89. The van der Waals surface area contributed by atoms with Crippen LogP contribution < -0.4 is 9.47 Å². The number of ether oxygens (including phenoxy) is 3. The molecule has 1 atom stereocenters. The van der Waals surface area contributed by atoms with E-state index in [4.69, 9.17) is 14.2 Å². The fourth-order valence-corrected chi connectivity index (χ4v) is 4.96. The fraction of sp³-hybridized carbons (Fsp3) is 0.500. The summed E-state index contributed by atoms with van der Waals surface area (Å²) in [6.45, 7) is 6.02. The zero-order valence-electron chi connectivity index (χ0n) is 21.2. The van der Waals surface area contributed by atoms with E-state index in [0.29, 0.717) is 37.4 Å². The van der Waals surface area contributed by atoms with Crippen molar-refractivity contribution in [3.05, 3.63) is 53.1 Å². The number of nitrogens with zero attached hydrogens (tertiary/aromatic N) is 2. The molecule has 0 bridgehead atoms. The third-order valence-corrected chi connectivity index (χ3v) is 6.89. The molecule has 2 fully saturated rings. The lowest BCUT2D eigenvalue weighted by molar-refractivity contribution is -0.151. The van der Waals surface area contributed by atoms with Crippen LogP contribution in [0.2, 0.25) is 0 Å². The van der Waals surface area contributed by atoms with Crippen molar-refractivity contribution < 1.29 is 28.9 Å². The van der Waals surface area contributed by atoms with Crippen molar-refractivity contribution in [2.24, 2.45) is 0 Å². The van der Waals surface area contributed by atoms with E-state index >= 15 is 0 Å². The van der Waals surface area contributed by atoms with E-state index in [2.05, 4.69) is 4.90 Å². The number of methoxy groups -OCH3 is 1. The van der Waals surface area contributed by atoms with Crippen LogP contribution in [0.5, 0.6) is 17.2 Å². The highest BCUT2D eigenvalue weighted by atomic mass is 16.5. The quantitative estimate of drug-likeness (QED) is 0.476. The summed E-state index contributed by atoms with van der Waals surface area (Å²) < 4.78 is 16.9. The summed E-state index contributed by atoms with van der Waals surface area (Å²) in [6, 6.07) is 10.6. The highest BCUT2D eigenvalue weighted by Crippen LogP contribution is 2.31. The largest absolute Gasteiger partial charge is 0.508 e. The molecule has 194 valence electrons. The number of phenols is 1. The van der Waals surface area contributed by atoms with Crippen molar-refractivity contribution in [1.82, 2.24) is 9.80 Å². The summed E-state index contributed by atoms with van der Waals surface area (Å²) in [7, 11) is 1.60. The van der Waals surface area contributed by atoms with E-state index in [-0.39, 0.29) is 30.8 Å². The molecule has 8 nitrogen and oxygen atoms in total. The lowest BCUT2D eigenvalue weighted by atomic mass is 10.0. The zero-order valence-corrected chi connectivity index (χ0v) is 21.2. The highest BCUT2D eigenvalue weighted by molar-refractivity contribution is 5.88. The van der Waals surface area contributed by atoms with Crippen LogP contribution in [0.1, 0.15) is 49.3 Å². The van der Waals surface area contributed by atoms with Gasteiger partial charge in [0.2, 0.25) is 5.91 Å². The van der Waals surface area contributed by atoms with E-state index in [1.807, 2.05) is 24.3 Å². The SMILES string of the molecule is CCOC(=O)C1CCC(=O)N1Cc1ccc(Cc2ccc(O)cc2OCCN2CCCC2)cc1OC. The van der Waals surface area contributed by atoms with Crippen molar-refractivity contribution in [1.29, 1.82) is 0 Å². The number of benzene rings is 2. The van der Waals surface area contributed by atoms with Crippen LogP contribution >= 0.6 is 0 Å². The molecule has 2 saturated heterocycles. The topological polar surface area (TPSA) is 88.5 Å². The van der Waals surface area contributed by atoms with Gasteiger partial charge in [0.1, 0.15) is 29.9 Å². The normalized spacial score (nSPS) is 18.0. The third-order valence-electron chi connectivity index (χ3n) is 6.89. The minimum atomic E-state index is -0.556. The summed E-state index contributed by atoms with van der Waals surface area (Å²) in [5, 5.41) is 10.0. The minimum absolute atomic E-state index is 0.0565. The molecule has 2 heterocycles. The molecular formula is C28H36N2O6. The van der Waals surface area contributed by atoms with Gasteiger partial charge in [-0.25, -0.2) is 4.79 Å². The van der Waals surface area contributed by atoms with E-state index in [1.165, 1.54) is 12.8 Å². The Hall–Kier alpha value is -3.26. The zero-order chi connectivity index (χ0) is 25.5. The van der Waals surface area contributed by atoms with Crippen molar-refractivity contribution in [3.63, 3.8) is 0 Å². The first-order valence-electron chi connectivity index (χ1n) is 12.8. The third kappa shape index (κ3) is 6.29. The van der Waals surface area contributed by atoms with Crippen LogP contribution in [-0.2, 0) is 27.3 Å². The van der Waals surface area contributed by atoms with Crippen molar-refractivity contribution in [2.75, 3.05) is 40.0 Å². The summed E-state index contributed by atoms with van der Waals surface area (Å²) >= 11 is 0. The Morgan fingerprint density at radius 2 is 1.86 bits per heavy atom. The van der Waals surface area contributed by atoms with Crippen LogP contribution in [0.15, 0.2) is 36.4 Å².